The molecule has 0 aliphatic heterocycles. The lowest BCUT2D eigenvalue weighted by atomic mass is 10.3. The van der Waals surface area contributed by atoms with Crippen LogP contribution in [0.1, 0.15) is 13.3 Å². The average Bonchev–Trinajstić information content (AvgIpc) is 2.74. The van der Waals surface area contributed by atoms with E-state index in [1.165, 1.54) is 10.9 Å². The van der Waals surface area contributed by atoms with Crippen LogP contribution in [0.25, 0.3) is 0 Å². The Morgan fingerprint density at radius 3 is 2.60 bits per heavy atom. The van der Waals surface area contributed by atoms with Gasteiger partial charge in [-0.15, -0.1) is 0 Å². The number of nitrogens with two attached hydrogens (primary N) is 1. The Labute approximate surface area is 131 Å². The topological polar surface area (TPSA) is 90.0 Å². The third kappa shape index (κ3) is 3.42. The molecule has 0 aliphatic carbocycles. The molecule has 108 valence electrons. The summed E-state index contributed by atoms with van der Waals surface area (Å²) in [4.78, 5) is 0.00417. The van der Waals surface area contributed by atoms with Crippen molar-refractivity contribution >= 4 is 44.1 Å². The molecule has 0 bridgehead atoms. The zero-order valence-corrected chi connectivity index (χ0v) is 13.8. The first-order chi connectivity index (χ1) is 9.42. The molecule has 6 nitrogen and oxygen atoms in total. The predicted octanol–water partition coefficient (Wildman–Crippen LogP) is 2.28. The highest BCUT2D eigenvalue weighted by Crippen LogP contribution is 2.21. The van der Waals surface area contributed by atoms with E-state index in [1.807, 2.05) is 19.1 Å². The van der Waals surface area contributed by atoms with Crippen molar-refractivity contribution in [1.82, 2.24) is 9.78 Å². The first-order valence-electron chi connectivity index (χ1n) is 6.03. The van der Waals surface area contributed by atoms with Gasteiger partial charge in [-0.2, -0.15) is 5.10 Å². The van der Waals surface area contributed by atoms with Crippen LogP contribution < -0.4 is 10.5 Å². The van der Waals surface area contributed by atoms with Crippen molar-refractivity contribution in [1.29, 1.82) is 0 Å². The van der Waals surface area contributed by atoms with Crippen LogP contribution in [-0.4, -0.2) is 18.2 Å². The number of aromatic nitrogens is 2. The molecule has 1 aromatic carbocycles. The molecule has 0 amide bonds. The summed E-state index contributed by atoms with van der Waals surface area (Å²) in [5.74, 6) is 0.0106. The number of nitrogens with zero attached hydrogens (tertiary/aromatic N) is 2. The molecule has 8 heteroatoms. The fourth-order valence-corrected chi connectivity index (χ4v) is 3.19. The van der Waals surface area contributed by atoms with Crippen molar-refractivity contribution in [2.45, 2.75) is 24.8 Å². The minimum Gasteiger partial charge on any atom is -0.381 e. The van der Waals surface area contributed by atoms with Gasteiger partial charge in [0.25, 0.3) is 10.0 Å². The van der Waals surface area contributed by atoms with Crippen LogP contribution >= 0.6 is 22.6 Å². The number of aryl methyl sites for hydroxylation is 1. The third-order valence-electron chi connectivity index (χ3n) is 2.59. The molecule has 0 unspecified atom stereocenters. The van der Waals surface area contributed by atoms with Crippen LogP contribution in [0.3, 0.4) is 0 Å². The molecule has 1 heterocycles. The molecule has 0 fully saturated rings. The summed E-state index contributed by atoms with van der Waals surface area (Å²) >= 11 is 2.15. The largest absolute Gasteiger partial charge is 0.381 e. The molecule has 0 saturated heterocycles. The normalized spacial score (nSPS) is 11.5. The highest BCUT2D eigenvalue weighted by atomic mass is 127. The Bertz CT molecular complexity index is 695. The number of nitrogen functional groups attached to an aromatic ring is 1. The van der Waals surface area contributed by atoms with Crippen molar-refractivity contribution in [3.8, 4) is 0 Å². The van der Waals surface area contributed by atoms with E-state index >= 15 is 0 Å². The standard InChI is InChI=1S/C12H15IN4O2S/c1-2-7-17-8-11(12(14)15-17)20(18,19)16-10-5-3-9(13)4-6-10/h3-6,8,16H,2,7H2,1H3,(H2,14,15). The van der Waals surface area contributed by atoms with E-state index in [2.05, 4.69) is 32.4 Å². The number of benzene rings is 1. The first kappa shape index (κ1) is 15.1. The zero-order valence-electron chi connectivity index (χ0n) is 10.9. The fourth-order valence-electron chi connectivity index (χ4n) is 1.70. The summed E-state index contributed by atoms with van der Waals surface area (Å²) in [5, 5.41) is 4.00. The second kappa shape index (κ2) is 6.00. The van der Waals surface area contributed by atoms with Gasteiger partial charge in [-0.25, -0.2) is 8.42 Å². The van der Waals surface area contributed by atoms with Crippen molar-refractivity contribution in [2.24, 2.45) is 0 Å². The van der Waals surface area contributed by atoms with Crippen molar-refractivity contribution in [2.75, 3.05) is 10.5 Å². The van der Waals surface area contributed by atoms with Gasteiger partial charge in [0.1, 0.15) is 4.90 Å². The van der Waals surface area contributed by atoms with Gasteiger partial charge in [0.15, 0.2) is 5.82 Å². The van der Waals surface area contributed by atoms with E-state index in [1.54, 1.807) is 12.1 Å². The van der Waals surface area contributed by atoms with E-state index in [0.29, 0.717) is 12.2 Å². The molecule has 3 N–H and O–H groups in total. The summed E-state index contributed by atoms with van der Waals surface area (Å²) in [6, 6.07) is 7.04. The maximum atomic E-state index is 12.3. The molecule has 1 aromatic heterocycles. The van der Waals surface area contributed by atoms with Crippen molar-refractivity contribution < 1.29 is 8.42 Å². The number of sulfonamides is 1. The predicted molar refractivity (Wildman–Crippen MR) is 86.9 cm³/mol. The highest BCUT2D eigenvalue weighted by molar-refractivity contribution is 14.1. The Kier molecular flexibility index (Phi) is 4.53. The summed E-state index contributed by atoms with van der Waals surface area (Å²) < 4.78 is 29.6. The lowest BCUT2D eigenvalue weighted by Gasteiger charge is -2.06. The monoisotopic (exact) mass is 406 g/mol. The zero-order chi connectivity index (χ0) is 14.8. The Morgan fingerprint density at radius 1 is 1.35 bits per heavy atom. The van der Waals surface area contributed by atoms with E-state index in [-0.39, 0.29) is 10.7 Å². The smallest absolute Gasteiger partial charge is 0.267 e. The van der Waals surface area contributed by atoms with Gasteiger partial charge in [0, 0.05) is 22.0 Å². The molecular formula is C12H15IN4O2S. The van der Waals surface area contributed by atoms with Gasteiger partial charge in [-0.3, -0.25) is 9.40 Å². The Morgan fingerprint density at radius 2 is 2.00 bits per heavy atom. The lowest BCUT2D eigenvalue weighted by molar-refractivity contribution is 0.595. The van der Waals surface area contributed by atoms with Crippen LogP contribution in [0.4, 0.5) is 11.5 Å². The minimum absolute atomic E-state index is 0.00417. The molecule has 0 atom stereocenters. The van der Waals surface area contributed by atoms with Crippen LogP contribution in [0.2, 0.25) is 0 Å². The molecule has 20 heavy (non-hydrogen) atoms. The molecule has 0 spiro atoms. The summed E-state index contributed by atoms with van der Waals surface area (Å²) in [7, 11) is -3.72. The fraction of sp³-hybridized carbons (Fsp3) is 0.250. The molecule has 2 rings (SSSR count). The van der Waals surface area contributed by atoms with Crippen LogP contribution in [0.5, 0.6) is 0 Å². The number of hydrogen-bond acceptors (Lipinski definition) is 4. The van der Waals surface area contributed by atoms with Crippen LogP contribution in [0.15, 0.2) is 35.4 Å². The van der Waals surface area contributed by atoms with Gasteiger partial charge in [0.2, 0.25) is 0 Å². The molecule has 0 radical (unpaired) electrons. The van der Waals surface area contributed by atoms with E-state index in [9.17, 15) is 8.42 Å². The molecular weight excluding hydrogens is 391 g/mol. The van der Waals surface area contributed by atoms with Crippen molar-refractivity contribution in [3.63, 3.8) is 0 Å². The highest BCUT2D eigenvalue weighted by Gasteiger charge is 2.21. The SMILES string of the molecule is CCCn1cc(S(=O)(=O)Nc2ccc(I)cc2)c(N)n1. The van der Waals surface area contributed by atoms with E-state index < -0.39 is 10.0 Å². The van der Waals surface area contributed by atoms with Gasteiger partial charge in [-0.05, 0) is 53.3 Å². The van der Waals surface area contributed by atoms with Crippen LogP contribution in [-0.2, 0) is 16.6 Å². The van der Waals surface area contributed by atoms with Gasteiger partial charge >= 0.3 is 0 Å². The lowest BCUT2D eigenvalue weighted by Crippen LogP contribution is -2.13. The maximum Gasteiger partial charge on any atom is 0.267 e. The molecule has 0 aliphatic rings. The summed E-state index contributed by atoms with van der Waals surface area (Å²) in [6.45, 7) is 2.61. The maximum absolute atomic E-state index is 12.3. The van der Waals surface area contributed by atoms with E-state index in [4.69, 9.17) is 5.73 Å². The van der Waals surface area contributed by atoms with Gasteiger partial charge < -0.3 is 5.73 Å². The molecule has 0 saturated carbocycles. The number of nitrogens with one attached hydrogen (secondary N) is 1. The number of anilines is 2. The van der Waals surface area contributed by atoms with Gasteiger partial charge in [-0.1, -0.05) is 6.92 Å². The number of halogens is 1. The minimum atomic E-state index is -3.72. The Balaban J connectivity index is 2.28. The van der Waals surface area contributed by atoms with Crippen molar-refractivity contribution in [3.05, 3.63) is 34.0 Å². The third-order valence-corrected chi connectivity index (χ3v) is 4.71. The summed E-state index contributed by atoms with van der Waals surface area (Å²) in [6.07, 6.45) is 2.30. The van der Waals surface area contributed by atoms with Crippen LogP contribution in [0, 0.1) is 3.57 Å². The second-order valence-corrected chi connectivity index (χ2v) is 7.15. The summed E-state index contributed by atoms with van der Waals surface area (Å²) in [5.41, 5.74) is 6.18. The Hall–Kier alpha value is -1.29. The first-order valence-corrected chi connectivity index (χ1v) is 8.60. The van der Waals surface area contributed by atoms with E-state index in [0.717, 1.165) is 9.99 Å². The number of hydrogen-bond donors (Lipinski definition) is 2. The number of rotatable bonds is 5. The quantitative estimate of drug-likeness (QED) is 0.746. The average molecular weight is 406 g/mol. The molecule has 2 aromatic rings. The second-order valence-electron chi connectivity index (χ2n) is 4.25. The van der Waals surface area contributed by atoms with Gasteiger partial charge in [0.05, 0.1) is 0 Å².